The maximum absolute atomic E-state index is 11.8. The van der Waals surface area contributed by atoms with Crippen molar-refractivity contribution in [3.05, 3.63) is 52.9 Å². The number of halogens is 3. The van der Waals surface area contributed by atoms with Gasteiger partial charge in [0.2, 0.25) is 12.3 Å². The number of nitrogens with zero attached hydrogens (tertiary/aromatic N) is 2. The summed E-state index contributed by atoms with van der Waals surface area (Å²) in [6.07, 6.45) is 0.428. The molecule has 8 heteroatoms. The quantitative estimate of drug-likeness (QED) is 0.682. The van der Waals surface area contributed by atoms with Crippen LogP contribution in [-0.4, -0.2) is 35.3 Å². The summed E-state index contributed by atoms with van der Waals surface area (Å²) in [5.41, 5.74) is 10.2. The highest BCUT2D eigenvalue weighted by atomic mass is 35.5. The van der Waals surface area contributed by atoms with Crippen LogP contribution in [0.3, 0.4) is 0 Å². The lowest BCUT2D eigenvalue weighted by Gasteiger charge is -2.35. The first-order valence-corrected chi connectivity index (χ1v) is 8.62. The van der Waals surface area contributed by atoms with Crippen LogP contribution in [0.5, 0.6) is 0 Å². The van der Waals surface area contributed by atoms with Crippen LogP contribution in [-0.2, 0) is 11.3 Å². The van der Waals surface area contributed by atoms with Crippen LogP contribution in [0.1, 0.15) is 11.5 Å². The molecule has 1 aliphatic rings. The number of carbonyl (C=O) groups excluding carboxylic acids is 1. The number of aryl methyl sites for hydroxylation is 1. The maximum Gasteiger partial charge on any atom is 0.282 e. The van der Waals surface area contributed by atoms with E-state index in [9.17, 15) is 13.6 Å². The number of nitrogens with two attached hydrogens (primary N) is 1. The van der Waals surface area contributed by atoms with Crippen LogP contribution >= 0.6 is 11.6 Å². The van der Waals surface area contributed by atoms with E-state index in [-0.39, 0.29) is 6.54 Å². The number of likely N-dealkylation sites (tertiary alicyclic amines) is 1. The Balaban J connectivity index is 0.000000221. The summed E-state index contributed by atoms with van der Waals surface area (Å²) < 4.78 is 29.0. The van der Waals surface area contributed by atoms with E-state index in [0.717, 1.165) is 21.5 Å². The first-order chi connectivity index (χ1) is 12.8. The SMILES string of the molecule is Cc1ccc(-c2cc(Cl)c3oc(CN)nc3c2)cc1.O=CN1CC(F)(F)C1. The monoisotopic (exact) mass is 393 g/mol. The Hall–Kier alpha value is -2.51. The third-order valence-corrected chi connectivity index (χ3v) is 4.35. The largest absolute Gasteiger partial charge is 0.438 e. The summed E-state index contributed by atoms with van der Waals surface area (Å²) in [5.74, 6) is -2.11. The molecule has 2 heterocycles. The van der Waals surface area contributed by atoms with Crippen LogP contribution in [0.4, 0.5) is 8.78 Å². The Labute approximate surface area is 159 Å². The maximum atomic E-state index is 11.8. The van der Waals surface area contributed by atoms with E-state index in [4.69, 9.17) is 21.8 Å². The van der Waals surface area contributed by atoms with Crippen molar-refractivity contribution in [3.8, 4) is 11.1 Å². The highest BCUT2D eigenvalue weighted by Crippen LogP contribution is 2.31. The Morgan fingerprint density at radius 2 is 1.93 bits per heavy atom. The lowest BCUT2D eigenvalue weighted by Crippen LogP contribution is -2.55. The molecule has 27 heavy (non-hydrogen) atoms. The van der Waals surface area contributed by atoms with Crippen LogP contribution in [0.25, 0.3) is 22.2 Å². The summed E-state index contributed by atoms with van der Waals surface area (Å²) in [6, 6.07) is 12.1. The molecule has 0 atom stereocenters. The minimum absolute atomic E-state index is 0.269. The standard InChI is InChI=1S/C15H13ClN2O.C4H5F2NO/c1-9-2-4-10(5-3-9)11-6-12(16)15-13(7-11)18-14(8-17)19-15;5-4(6)1-7(2-4)3-8/h2-7H,8,17H2,1H3;3H,1-2H2. The third-order valence-electron chi connectivity index (χ3n) is 4.07. The molecule has 2 N–H and O–H groups in total. The first kappa shape index (κ1) is 19.3. The summed E-state index contributed by atoms with van der Waals surface area (Å²) in [6.45, 7) is 1.52. The number of benzene rings is 2. The van der Waals surface area contributed by atoms with Crippen molar-refractivity contribution in [2.24, 2.45) is 5.73 Å². The van der Waals surface area contributed by atoms with Crippen molar-refractivity contribution >= 4 is 29.1 Å². The number of hydrogen-bond donors (Lipinski definition) is 1. The van der Waals surface area contributed by atoms with Gasteiger partial charge in [-0.25, -0.2) is 13.8 Å². The van der Waals surface area contributed by atoms with E-state index >= 15 is 0 Å². The Morgan fingerprint density at radius 3 is 2.44 bits per heavy atom. The van der Waals surface area contributed by atoms with Gasteiger partial charge in [0.1, 0.15) is 5.52 Å². The molecule has 0 bridgehead atoms. The van der Waals surface area contributed by atoms with E-state index < -0.39 is 19.0 Å². The van der Waals surface area contributed by atoms with Crippen molar-refractivity contribution in [1.29, 1.82) is 0 Å². The number of fused-ring (bicyclic) bond motifs is 1. The van der Waals surface area contributed by atoms with E-state index in [0.29, 0.717) is 22.9 Å². The molecular formula is C19H18ClF2N3O2. The highest BCUT2D eigenvalue weighted by Gasteiger charge is 2.43. The van der Waals surface area contributed by atoms with Gasteiger partial charge in [0.15, 0.2) is 5.58 Å². The zero-order chi connectivity index (χ0) is 19.6. The summed E-state index contributed by atoms with van der Waals surface area (Å²) in [4.78, 5) is 15.0. The molecular weight excluding hydrogens is 376 g/mol. The topological polar surface area (TPSA) is 72.4 Å². The predicted octanol–water partition coefficient (Wildman–Crippen LogP) is 4.01. The van der Waals surface area contributed by atoms with Gasteiger partial charge in [-0.1, -0.05) is 41.4 Å². The smallest absolute Gasteiger partial charge is 0.282 e. The number of aromatic nitrogens is 1. The Morgan fingerprint density at radius 1 is 1.26 bits per heavy atom. The van der Waals surface area contributed by atoms with E-state index in [1.807, 2.05) is 12.1 Å². The molecule has 1 fully saturated rings. The number of carbonyl (C=O) groups is 1. The number of alkyl halides is 2. The molecule has 5 nitrogen and oxygen atoms in total. The molecule has 1 aliphatic heterocycles. The molecule has 0 saturated carbocycles. The average molecular weight is 394 g/mol. The second kappa shape index (κ2) is 7.62. The molecule has 4 rings (SSSR count). The molecule has 142 valence electrons. The molecule has 0 aliphatic carbocycles. The number of hydrogen-bond acceptors (Lipinski definition) is 4. The summed E-state index contributed by atoms with van der Waals surface area (Å²) in [7, 11) is 0. The second-order valence-corrected chi connectivity index (χ2v) is 6.76. The third kappa shape index (κ3) is 4.43. The highest BCUT2D eigenvalue weighted by molar-refractivity contribution is 6.35. The van der Waals surface area contributed by atoms with Crippen LogP contribution < -0.4 is 5.73 Å². The Kier molecular flexibility index (Phi) is 5.43. The van der Waals surface area contributed by atoms with Gasteiger partial charge < -0.3 is 15.1 Å². The minimum Gasteiger partial charge on any atom is -0.438 e. The van der Waals surface area contributed by atoms with Gasteiger partial charge in [-0.05, 0) is 30.2 Å². The van der Waals surface area contributed by atoms with Crippen molar-refractivity contribution in [1.82, 2.24) is 9.88 Å². The molecule has 3 aromatic rings. The van der Waals surface area contributed by atoms with E-state index in [1.165, 1.54) is 5.56 Å². The van der Waals surface area contributed by atoms with Gasteiger partial charge in [0.25, 0.3) is 5.92 Å². The van der Waals surface area contributed by atoms with E-state index in [1.54, 1.807) is 0 Å². The molecule has 1 amide bonds. The lowest BCUT2D eigenvalue weighted by molar-refractivity contribution is -0.153. The lowest BCUT2D eigenvalue weighted by atomic mass is 10.0. The summed E-state index contributed by atoms with van der Waals surface area (Å²) in [5, 5.41) is 0.556. The van der Waals surface area contributed by atoms with Crippen LogP contribution in [0.2, 0.25) is 5.02 Å². The fourth-order valence-corrected chi connectivity index (χ4v) is 2.91. The van der Waals surface area contributed by atoms with Crippen molar-refractivity contribution in [2.75, 3.05) is 13.1 Å². The van der Waals surface area contributed by atoms with Gasteiger partial charge in [0, 0.05) is 0 Å². The van der Waals surface area contributed by atoms with Gasteiger partial charge in [-0.2, -0.15) is 0 Å². The number of rotatable bonds is 3. The zero-order valence-corrected chi connectivity index (χ0v) is 15.3. The zero-order valence-electron chi connectivity index (χ0n) is 14.6. The van der Waals surface area contributed by atoms with Gasteiger partial charge in [0.05, 0.1) is 24.7 Å². The number of oxazole rings is 1. The molecule has 0 spiro atoms. The van der Waals surface area contributed by atoms with Crippen molar-refractivity contribution < 1.29 is 18.0 Å². The fraction of sp³-hybridized carbons (Fsp3) is 0.263. The Bertz CT molecular complexity index is 949. The van der Waals surface area contributed by atoms with Gasteiger partial charge in [-0.15, -0.1) is 0 Å². The fourth-order valence-electron chi connectivity index (χ4n) is 2.66. The normalized spacial score (nSPS) is 15.1. The molecule has 2 aromatic carbocycles. The molecule has 0 radical (unpaired) electrons. The van der Waals surface area contributed by atoms with Crippen molar-refractivity contribution in [3.63, 3.8) is 0 Å². The predicted molar refractivity (Wildman–Crippen MR) is 99.7 cm³/mol. The van der Waals surface area contributed by atoms with Crippen LogP contribution in [0, 0.1) is 6.92 Å². The average Bonchev–Trinajstić information content (AvgIpc) is 3.04. The second-order valence-electron chi connectivity index (χ2n) is 6.35. The van der Waals surface area contributed by atoms with Crippen LogP contribution in [0.15, 0.2) is 40.8 Å². The van der Waals surface area contributed by atoms with Crippen molar-refractivity contribution in [2.45, 2.75) is 19.4 Å². The molecule has 1 aromatic heterocycles. The first-order valence-electron chi connectivity index (χ1n) is 8.24. The summed E-state index contributed by atoms with van der Waals surface area (Å²) >= 11 is 6.24. The van der Waals surface area contributed by atoms with Gasteiger partial charge >= 0.3 is 0 Å². The minimum atomic E-state index is -2.61. The molecule has 0 unspecified atom stereocenters. The number of amides is 1. The molecule has 1 saturated heterocycles. The van der Waals surface area contributed by atoms with E-state index in [2.05, 4.69) is 36.2 Å². The van der Waals surface area contributed by atoms with Gasteiger partial charge in [-0.3, -0.25) is 4.79 Å².